The Hall–Kier alpha value is -3.68. The molecule has 3 rings (SSSR count). The number of hydrogen-bond donors (Lipinski definition) is 1. The van der Waals surface area contributed by atoms with Crippen molar-refractivity contribution in [2.45, 2.75) is 39.0 Å². The maximum atomic E-state index is 13.2. The molecule has 0 aliphatic carbocycles. The average Bonchev–Trinajstić information content (AvgIpc) is 2.84. The Labute approximate surface area is 193 Å². The SMILES string of the molecule is CCCCOc1ccc(C(=O)N/C(=C/c2cccc([N+](=O)[O-])c2)C(=O)N2CCCCC2)cc1. The predicted octanol–water partition coefficient (Wildman–Crippen LogP) is 4.56. The molecule has 0 saturated carbocycles. The van der Waals surface area contributed by atoms with E-state index in [-0.39, 0.29) is 17.3 Å². The molecule has 1 aliphatic heterocycles. The third-order valence-electron chi connectivity index (χ3n) is 5.40. The van der Waals surface area contributed by atoms with Crippen LogP contribution in [0.2, 0.25) is 0 Å². The number of likely N-dealkylation sites (tertiary alicyclic amines) is 1. The lowest BCUT2D eigenvalue weighted by Gasteiger charge is -2.27. The highest BCUT2D eigenvalue weighted by Crippen LogP contribution is 2.18. The van der Waals surface area contributed by atoms with Crippen molar-refractivity contribution in [3.63, 3.8) is 0 Å². The van der Waals surface area contributed by atoms with Crippen molar-refractivity contribution in [3.05, 3.63) is 75.5 Å². The second-order valence-corrected chi connectivity index (χ2v) is 7.94. The van der Waals surface area contributed by atoms with Gasteiger partial charge in [-0.2, -0.15) is 0 Å². The van der Waals surface area contributed by atoms with Crippen molar-refractivity contribution < 1.29 is 19.2 Å². The number of nitrogens with zero attached hydrogens (tertiary/aromatic N) is 2. The Balaban J connectivity index is 1.81. The maximum Gasteiger partial charge on any atom is 0.270 e. The van der Waals surface area contributed by atoms with Crippen LogP contribution in [0.4, 0.5) is 5.69 Å². The standard InChI is InChI=1S/C25H29N3O5/c1-2-3-16-33-22-12-10-20(11-13-22)24(29)26-23(25(30)27-14-5-4-6-15-27)18-19-8-7-9-21(17-19)28(31)32/h7-13,17-18H,2-6,14-16H2,1H3,(H,26,29)/b23-18+. The van der Waals surface area contributed by atoms with E-state index in [4.69, 9.17) is 4.74 Å². The minimum absolute atomic E-state index is 0.0847. The van der Waals surface area contributed by atoms with Crippen LogP contribution in [0.25, 0.3) is 6.08 Å². The first kappa shape index (κ1) is 24.0. The van der Waals surface area contributed by atoms with Gasteiger partial charge in [0, 0.05) is 30.8 Å². The zero-order chi connectivity index (χ0) is 23.6. The minimum atomic E-state index is -0.494. The van der Waals surface area contributed by atoms with E-state index in [1.165, 1.54) is 18.2 Å². The fourth-order valence-electron chi connectivity index (χ4n) is 3.54. The first-order valence-electron chi connectivity index (χ1n) is 11.3. The van der Waals surface area contributed by atoms with Gasteiger partial charge in [0.25, 0.3) is 17.5 Å². The lowest BCUT2D eigenvalue weighted by Crippen LogP contribution is -2.41. The minimum Gasteiger partial charge on any atom is -0.494 e. The third-order valence-corrected chi connectivity index (χ3v) is 5.40. The van der Waals surface area contributed by atoms with E-state index >= 15 is 0 Å². The summed E-state index contributed by atoms with van der Waals surface area (Å²) in [6.45, 7) is 3.93. The number of amides is 2. The molecule has 2 amide bonds. The molecule has 8 nitrogen and oxygen atoms in total. The summed E-state index contributed by atoms with van der Waals surface area (Å²) >= 11 is 0. The van der Waals surface area contributed by atoms with E-state index in [0.717, 1.165) is 32.1 Å². The molecule has 0 bridgehead atoms. The first-order valence-corrected chi connectivity index (χ1v) is 11.3. The Morgan fingerprint density at radius 3 is 2.52 bits per heavy atom. The van der Waals surface area contributed by atoms with Gasteiger partial charge in [0.05, 0.1) is 11.5 Å². The molecule has 174 valence electrons. The summed E-state index contributed by atoms with van der Waals surface area (Å²) in [6, 6.07) is 12.7. The molecule has 2 aromatic rings. The number of hydrogen-bond acceptors (Lipinski definition) is 5. The summed E-state index contributed by atoms with van der Waals surface area (Å²) in [7, 11) is 0. The van der Waals surface area contributed by atoms with Crippen LogP contribution in [0.1, 0.15) is 54.9 Å². The van der Waals surface area contributed by atoms with Gasteiger partial charge < -0.3 is 15.0 Å². The Bertz CT molecular complexity index is 1010. The number of benzene rings is 2. The van der Waals surface area contributed by atoms with Crippen LogP contribution in [0, 0.1) is 10.1 Å². The van der Waals surface area contributed by atoms with Gasteiger partial charge in [0.15, 0.2) is 0 Å². The topological polar surface area (TPSA) is 102 Å². The summed E-state index contributed by atoms with van der Waals surface area (Å²) in [4.78, 5) is 38.4. The molecular formula is C25H29N3O5. The molecule has 0 aromatic heterocycles. The highest BCUT2D eigenvalue weighted by molar-refractivity contribution is 6.05. The molecule has 8 heteroatoms. The third kappa shape index (κ3) is 6.90. The molecule has 0 unspecified atom stereocenters. The number of carbonyl (C=O) groups is 2. The molecule has 1 heterocycles. The molecule has 1 saturated heterocycles. The van der Waals surface area contributed by atoms with Gasteiger partial charge in [0.2, 0.25) is 0 Å². The Morgan fingerprint density at radius 1 is 1.12 bits per heavy atom. The van der Waals surface area contributed by atoms with Crippen LogP contribution in [-0.2, 0) is 4.79 Å². The summed E-state index contributed by atoms with van der Waals surface area (Å²) in [5.41, 5.74) is 0.850. The number of piperidine rings is 1. The number of non-ortho nitro benzene ring substituents is 1. The van der Waals surface area contributed by atoms with Gasteiger partial charge in [-0.15, -0.1) is 0 Å². The molecule has 1 aliphatic rings. The number of carbonyl (C=O) groups excluding carboxylic acids is 2. The highest BCUT2D eigenvalue weighted by atomic mass is 16.6. The van der Waals surface area contributed by atoms with Crippen LogP contribution < -0.4 is 10.1 Å². The highest BCUT2D eigenvalue weighted by Gasteiger charge is 2.22. The van der Waals surface area contributed by atoms with Crippen LogP contribution in [0.5, 0.6) is 5.75 Å². The van der Waals surface area contributed by atoms with Crippen molar-refractivity contribution in [1.82, 2.24) is 10.2 Å². The van der Waals surface area contributed by atoms with E-state index in [1.54, 1.807) is 41.3 Å². The average molecular weight is 452 g/mol. The van der Waals surface area contributed by atoms with Crippen LogP contribution in [0.15, 0.2) is 54.2 Å². The Morgan fingerprint density at radius 2 is 1.85 bits per heavy atom. The normalized spacial score (nSPS) is 14.0. The van der Waals surface area contributed by atoms with Crippen LogP contribution >= 0.6 is 0 Å². The Kier molecular flexibility index (Phi) is 8.57. The molecule has 0 radical (unpaired) electrons. The fraction of sp³-hybridized carbons (Fsp3) is 0.360. The zero-order valence-electron chi connectivity index (χ0n) is 18.8. The molecule has 1 fully saturated rings. The molecule has 2 aromatic carbocycles. The van der Waals surface area contributed by atoms with Gasteiger partial charge in [0.1, 0.15) is 11.4 Å². The lowest BCUT2D eigenvalue weighted by molar-refractivity contribution is -0.384. The number of nitrogens with one attached hydrogen (secondary N) is 1. The summed E-state index contributed by atoms with van der Waals surface area (Å²) in [5.74, 6) is -0.0528. The number of nitro groups is 1. The summed E-state index contributed by atoms with van der Waals surface area (Å²) < 4.78 is 5.63. The van der Waals surface area contributed by atoms with Crippen molar-refractivity contribution in [2.24, 2.45) is 0 Å². The van der Waals surface area contributed by atoms with Gasteiger partial charge in [-0.3, -0.25) is 19.7 Å². The number of unbranched alkanes of at least 4 members (excludes halogenated alkanes) is 1. The van der Waals surface area contributed by atoms with E-state index < -0.39 is 10.8 Å². The molecule has 1 N–H and O–H groups in total. The molecule has 0 atom stereocenters. The van der Waals surface area contributed by atoms with Gasteiger partial charge in [-0.05, 0) is 61.6 Å². The van der Waals surface area contributed by atoms with Crippen LogP contribution in [-0.4, -0.2) is 41.3 Å². The molecular weight excluding hydrogens is 422 g/mol. The first-order chi connectivity index (χ1) is 16.0. The maximum absolute atomic E-state index is 13.2. The molecule has 0 spiro atoms. The van der Waals surface area contributed by atoms with Crippen LogP contribution in [0.3, 0.4) is 0 Å². The number of ether oxygens (including phenoxy) is 1. The summed E-state index contributed by atoms with van der Waals surface area (Å²) in [6.07, 6.45) is 6.35. The number of nitro benzene ring substituents is 1. The molecule has 33 heavy (non-hydrogen) atoms. The van der Waals surface area contributed by atoms with E-state index in [2.05, 4.69) is 12.2 Å². The van der Waals surface area contributed by atoms with Crippen molar-refractivity contribution in [2.75, 3.05) is 19.7 Å². The monoisotopic (exact) mass is 451 g/mol. The van der Waals surface area contributed by atoms with E-state index in [0.29, 0.717) is 36.6 Å². The predicted molar refractivity (Wildman–Crippen MR) is 126 cm³/mol. The van der Waals surface area contributed by atoms with E-state index in [1.807, 2.05) is 0 Å². The van der Waals surface area contributed by atoms with Crippen molar-refractivity contribution in [1.29, 1.82) is 0 Å². The van der Waals surface area contributed by atoms with Crippen molar-refractivity contribution >= 4 is 23.6 Å². The second-order valence-electron chi connectivity index (χ2n) is 7.94. The number of rotatable bonds is 9. The smallest absolute Gasteiger partial charge is 0.270 e. The van der Waals surface area contributed by atoms with Gasteiger partial charge in [-0.25, -0.2) is 0 Å². The lowest BCUT2D eigenvalue weighted by atomic mass is 10.1. The van der Waals surface area contributed by atoms with Gasteiger partial charge in [-0.1, -0.05) is 25.5 Å². The van der Waals surface area contributed by atoms with Crippen molar-refractivity contribution in [3.8, 4) is 5.75 Å². The quantitative estimate of drug-likeness (QED) is 0.261. The second kappa shape index (κ2) is 11.8. The van der Waals surface area contributed by atoms with E-state index in [9.17, 15) is 19.7 Å². The zero-order valence-corrected chi connectivity index (χ0v) is 18.8. The summed E-state index contributed by atoms with van der Waals surface area (Å²) in [5, 5.41) is 13.8. The largest absolute Gasteiger partial charge is 0.494 e. The fourth-order valence-corrected chi connectivity index (χ4v) is 3.54. The van der Waals surface area contributed by atoms with Gasteiger partial charge >= 0.3 is 0 Å².